The van der Waals surface area contributed by atoms with E-state index in [9.17, 15) is 4.79 Å². The summed E-state index contributed by atoms with van der Waals surface area (Å²) in [4.78, 5) is 12.4. The van der Waals surface area contributed by atoms with E-state index in [0.717, 1.165) is 10.0 Å². The molecule has 0 heterocycles. The van der Waals surface area contributed by atoms with E-state index < -0.39 is 5.54 Å². The Hall–Kier alpha value is -1.32. The van der Waals surface area contributed by atoms with Crippen LogP contribution < -0.4 is 5.32 Å². The number of alkyl halides is 1. The number of amides is 1. The first kappa shape index (κ1) is 15.1. The van der Waals surface area contributed by atoms with E-state index in [0.29, 0.717) is 11.4 Å². The fraction of sp³-hybridized carbons (Fsp3) is 0.188. The second-order valence-electron chi connectivity index (χ2n) is 4.80. The lowest BCUT2D eigenvalue weighted by Gasteiger charge is -2.29. The van der Waals surface area contributed by atoms with E-state index in [-0.39, 0.29) is 5.91 Å². The van der Waals surface area contributed by atoms with Gasteiger partial charge in [-0.05, 0) is 30.7 Å². The number of hydrogen-bond donors (Lipinski definition) is 1. The summed E-state index contributed by atoms with van der Waals surface area (Å²) in [6.45, 7) is 1.92. The summed E-state index contributed by atoms with van der Waals surface area (Å²) in [5.41, 5.74) is 0.993. The lowest BCUT2D eigenvalue weighted by molar-refractivity contribution is 0.0913. The van der Waals surface area contributed by atoms with Crippen LogP contribution >= 0.6 is 27.5 Å². The summed E-state index contributed by atoms with van der Waals surface area (Å²) in [7, 11) is 0. The van der Waals surface area contributed by atoms with Crippen molar-refractivity contribution in [2.24, 2.45) is 0 Å². The van der Waals surface area contributed by atoms with Crippen LogP contribution in [-0.4, -0.2) is 11.8 Å². The molecule has 2 nitrogen and oxygen atoms in total. The molecular weight excluding hydrogens is 338 g/mol. The second kappa shape index (κ2) is 6.42. The fourth-order valence-corrected chi connectivity index (χ4v) is 2.56. The van der Waals surface area contributed by atoms with Gasteiger partial charge in [0, 0.05) is 15.9 Å². The fourth-order valence-electron chi connectivity index (χ4n) is 1.94. The summed E-state index contributed by atoms with van der Waals surface area (Å²) in [6, 6.07) is 17.0. The molecular formula is C16H15BrClNO. The number of hydrogen-bond acceptors (Lipinski definition) is 1. The zero-order chi connectivity index (χ0) is 14.6. The van der Waals surface area contributed by atoms with Gasteiger partial charge >= 0.3 is 0 Å². The topological polar surface area (TPSA) is 29.1 Å². The second-order valence-corrected chi connectivity index (χ2v) is 5.98. The molecule has 4 heteroatoms. The number of carbonyl (C=O) groups excluding carboxylic acids is 1. The van der Waals surface area contributed by atoms with Crippen LogP contribution in [-0.2, 0) is 5.54 Å². The SMILES string of the molecule is CC(CCl)(NC(=O)c1cccc(Br)c1)c1ccccc1. The Balaban J connectivity index is 2.24. The van der Waals surface area contributed by atoms with Gasteiger partial charge in [0.1, 0.15) is 0 Å². The smallest absolute Gasteiger partial charge is 0.252 e. The Bertz CT molecular complexity index is 602. The summed E-state index contributed by atoms with van der Waals surface area (Å²) in [6.07, 6.45) is 0. The van der Waals surface area contributed by atoms with E-state index in [2.05, 4.69) is 21.2 Å². The maximum Gasteiger partial charge on any atom is 0.252 e. The number of nitrogens with one attached hydrogen (secondary N) is 1. The van der Waals surface area contributed by atoms with E-state index >= 15 is 0 Å². The van der Waals surface area contributed by atoms with Crippen molar-refractivity contribution in [1.29, 1.82) is 0 Å². The van der Waals surface area contributed by atoms with Gasteiger partial charge < -0.3 is 5.32 Å². The zero-order valence-corrected chi connectivity index (χ0v) is 13.4. The van der Waals surface area contributed by atoms with Crippen molar-refractivity contribution in [2.75, 3.05) is 5.88 Å². The highest BCUT2D eigenvalue weighted by atomic mass is 79.9. The maximum atomic E-state index is 12.4. The van der Waals surface area contributed by atoms with Crippen LogP contribution in [0.25, 0.3) is 0 Å². The van der Waals surface area contributed by atoms with Crippen molar-refractivity contribution in [1.82, 2.24) is 5.32 Å². The Morgan fingerprint density at radius 3 is 2.50 bits per heavy atom. The largest absolute Gasteiger partial charge is 0.342 e. The molecule has 0 aliphatic heterocycles. The van der Waals surface area contributed by atoms with E-state index in [1.54, 1.807) is 12.1 Å². The van der Waals surface area contributed by atoms with Gasteiger partial charge in [0.25, 0.3) is 5.91 Å². The van der Waals surface area contributed by atoms with Gasteiger partial charge in [-0.25, -0.2) is 0 Å². The summed E-state index contributed by atoms with van der Waals surface area (Å²) >= 11 is 9.45. The van der Waals surface area contributed by atoms with Gasteiger partial charge in [0.15, 0.2) is 0 Å². The average Bonchev–Trinajstić information content (AvgIpc) is 2.48. The van der Waals surface area contributed by atoms with Crippen molar-refractivity contribution in [3.63, 3.8) is 0 Å². The van der Waals surface area contributed by atoms with Gasteiger partial charge in [0.2, 0.25) is 0 Å². The molecule has 0 radical (unpaired) electrons. The van der Waals surface area contributed by atoms with Crippen LogP contribution in [0.4, 0.5) is 0 Å². The Morgan fingerprint density at radius 2 is 1.90 bits per heavy atom. The van der Waals surface area contributed by atoms with Gasteiger partial charge in [-0.1, -0.05) is 52.3 Å². The minimum Gasteiger partial charge on any atom is -0.342 e. The highest BCUT2D eigenvalue weighted by Crippen LogP contribution is 2.23. The molecule has 0 saturated carbocycles. The Morgan fingerprint density at radius 1 is 1.20 bits per heavy atom. The molecule has 20 heavy (non-hydrogen) atoms. The van der Waals surface area contributed by atoms with Gasteiger partial charge in [-0.15, -0.1) is 11.6 Å². The minimum atomic E-state index is -0.595. The minimum absolute atomic E-state index is 0.140. The summed E-state index contributed by atoms with van der Waals surface area (Å²) in [5, 5.41) is 3.01. The third kappa shape index (κ3) is 3.41. The normalized spacial score (nSPS) is 13.6. The summed E-state index contributed by atoms with van der Waals surface area (Å²) in [5.74, 6) is 0.162. The van der Waals surface area contributed by atoms with Crippen molar-refractivity contribution < 1.29 is 4.79 Å². The van der Waals surface area contributed by atoms with Crippen LogP contribution in [0.3, 0.4) is 0 Å². The monoisotopic (exact) mass is 351 g/mol. The molecule has 2 rings (SSSR count). The quantitative estimate of drug-likeness (QED) is 0.815. The predicted octanol–water partition coefficient (Wildman–Crippen LogP) is 4.33. The highest BCUT2D eigenvalue weighted by Gasteiger charge is 2.27. The van der Waals surface area contributed by atoms with Crippen molar-refractivity contribution >= 4 is 33.4 Å². The van der Waals surface area contributed by atoms with E-state index in [4.69, 9.17) is 11.6 Å². The molecule has 1 unspecified atom stereocenters. The molecule has 1 amide bonds. The third-order valence-electron chi connectivity index (χ3n) is 3.15. The molecule has 0 aliphatic carbocycles. The summed E-state index contributed by atoms with van der Waals surface area (Å²) < 4.78 is 0.873. The van der Waals surface area contributed by atoms with Crippen molar-refractivity contribution in [3.8, 4) is 0 Å². The standard InChI is InChI=1S/C16H15BrClNO/c1-16(11-18,13-7-3-2-4-8-13)19-15(20)12-6-5-9-14(17)10-12/h2-10H,11H2,1H3,(H,19,20). The molecule has 104 valence electrons. The highest BCUT2D eigenvalue weighted by molar-refractivity contribution is 9.10. The van der Waals surface area contributed by atoms with Crippen LogP contribution in [0.2, 0.25) is 0 Å². The van der Waals surface area contributed by atoms with Crippen molar-refractivity contribution in [3.05, 3.63) is 70.2 Å². The predicted molar refractivity (Wildman–Crippen MR) is 86.1 cm³/mol. The first-order valence-electron chi connectivity index (χ1n) is 6.25. The van der Waals surface area contributed by atoms with Crippen LogP contribution in [0.5, 0.6) is 0 Å². The lowest BCUT2D eigenvalue weighted by Crippen LogP contribution is -2.45. The number of carbonyl (C=O) groups is 1. The zero-order valence-electron chi connectivity index (χ0n) is 11.1. The Kier molecular flexibility index (Phi) is 4.84. The lowest BCUT2D eigenvalue weighted by atomic mass is 9.93. The maximum absolute atomic E-state index is 12.4. The van der Waals surface area contributed by atoms with Gasteiger partial charge in [0.05, 0.1) is 5.54 Å². The molecule has 2 aromatic rings. The number of benzene rings is 2. The first-order chi connectivity index (χ1) is 9.55. The third-order valence-corrected chi connectivity index (χ3v) is 4.18. The van der Waals surface area contributed by atoms with Gasteiger partial charge in [-0.3, -0.25) is 4.79 Å². The molecule has 0 saturated heterocycles. The Labute approximate surface area is 132 Å². The number of halogens is 2. The van der Waals surface area contributed by atoms with Gasteiger partial charge in [-0.2, -0.15) is 0 Å². The van der Waals surface area contributed by atoms with E-state index in [1.165, 1.54) is 0 Å². The van der Waals surface area contributed by atoms with Crippen LogP contribution in [0.15, 0.2) is 59.1 Å². The molecule has 1 atom stereocenters. The molecule has 0 bridgehead atoms. The average molecular weight is 353 g/mol. The van der Waals surface area contributed by atoms with Crippen LogP contribution in [0, 0.1) is 0 Å². The number of rotatable bonds is 4. The molecule has 2 aromatic carbocycles. The molecule has 1 N–H and O–H groups in total. The first-order valence-corrected chi connectivity index (χ1v) is 7.57. The molecule has 0 aliphatic rings. The van der Waals surface area contributed by atoms with Crippen molar-refractivity contribution in [2.45, 2.75) is 12.5 Å². The molecule has 0 aromatic heterocycles. The van der Waals surface area contributed by atoms with Crippen LogP contribution in [0.1, 0.15) is 22.8 Å². The molecule has 0 spiro atoms. The molecule has 0 fully saturated rings. The van der Waals surface area contributed by atoms with E-state index in [1.807, 2.05) is 49.4 Å².